The first-order valence-electron chi connectivity index (χ1n) is 9.23. The van der Waals surface area contributed by atoms with E-state index in [1.165, 1.54) is 18.2 Å². The molecule has 28 heavy (non-hydrogen) atoms. The third-order valence-electron chi connectivity index (χ3n) is 4.78. The topological polar surface area (TPSA) is 35.2 Å². The van der Waals surface area contributed by atoms with Gasteiger partial charge in [0.2, 0.25) is 0 Å². The largest absolute Gasteiger partial charge is 0.456 e. The average molecular weight is 381 g/mol. The third-order valence-corrected chi connectivity index (χ3v) is 4.78. The van der Waals surface area contributed by atoms with Crippen molar-refractivity contribution < 1.29 is 14.9 Å². The van der Waals surface area contributed by atoms with Crippen molar-refractivity contribution in [2.24, 2.45) is 0 Å². The van der Waals surface area contributed by atoms with Gasteiger partial charge in [-0.15, -0.1) is 0 Å². The van der Waals surface area contributed by atoms with Crippen LogP contribution in [0.1, 0.15) is 37.5 Å². The molecule has 0 saturated carbocycles. The van der Waals surface area contributed by atoms with E-state index in [-0.39, 0.29) is 6.99 Å². The van der Waals surface area contributed by atoms with E-state index in [4.69, 9.17) is 10.5 Å². The minimum Gasteiger partial charge on any atom is -0.456 e. The number of benzene rings is 3. The molecule has 0 fully saturated rings. The van der Waals surface area contributed by atoms with Crippen molar-refractivity contribution in [3.05, 3.63) is 86.8 Å². The van der Waals surface area contributed by atoms with Gasteiger partial charge in [-0.05, 0) is 60.5 Å². The highest BCUT2D eigenvalue weighted by Crippen LogP contribution is 2.39. The molecular formula is C24H25F2NO. The number of anilines is 1. The van der Waals surface area contributed by atoms with Crippen LogP contribution < -0.4 is 20.9 Å². The van der Waals surface area contributed by atoms with Gasteiger partial charge in [0.25, 0.3) is 0 Å². The molecule has 0 spiro atoms. The Morgan fingerprint density at radius 3 is 2.21 bits per heavy atom. The Labute approximate surface area is 165 Å². The van der Waals surface area contributed by atoms with Gasteiger partial charge in [-0.25, -0.2) is 8.78 Å². The predicted molar refractivity (Wildman–Crippen MR) is 113 cm³/mol. The normalized spacial score (nSPS) is 11.7. The first-order chi connectivity index (χ1) is 13.4. The zero-order valence-corrected chi connectivity index (χ0v) is 16.5. The molecule has 2 nitrogen and oxygen atoms in total. The lowest BCUT2D eigenvalue weighted by Crippen LogP contribution is -2.22. The fourth-order valence-electron chi connectivity index (χ4n) is 3.26. The fourth-order valence-corrected chi connectivity index (χ4v) is 3.26. The monoisotopic (exact) mass is 381 g/mol. The summed E-state index contributed by atoms with van der Waals surface area (Å²) in [7, 11) is 0. The fraction of sp³-hybridized carbons (Fsp3) is 0.167. The van der Waals surface area contributed by atoms with Gasteiger partial charge in [0, 0.05) is 29.5 Å². The number of nitrogens with two attached hydrogens (primary N) is 1. The second-order valence-electron chi connectivity index (χ2n) is 6.55. The molecule has 0 bridgehead atoms. The van der Waals surface area contributed by atoms with E-state index >= 15 is 0 Å². The number of fused-ring (bicyclic) bond motifs is 2. The van der Waals surface area contributed by atoms with Gasteiger partial charge >= 0.3 is 0 Å². The summed E-state index contributed by atoms with van der Waals surface area (Å²) in [6, 6.07) is 11.0. The zero-order chi connectivity index (χ0) is 20.6. The Bertz CT molecular complexity index is 1170. The van der Waals surface area contributed by atoms with Crippen molar-refractivity contribution in [1.82, 2.24) is 0 Å². The van der Waals surface area contributed by atoms with E-state index in [0.29, 0.717) is 33.5 Å². The molecule has 4 heteroatoms. The Kier molecular flexibility index (Phi) is 5.23. The smallest absolute Gasteiger partial charge is 0.137 e. The molecule has 0 radical (unpaired) electrons. The number of hydrogen-bond donors (Lipinski definition) is 1. The molecule has 146 valence electrons. The summed E-state index contributed by atoms with van der Waals surface area (Å²) in [5.74, 6) is -0.259. The van der Waals surface area contributed by atoms with Crippen molar-refractivity contribution in [1.29, 1.82) is 0 Å². The number of halogens is 2. The Balaban J connectivity index is 0.000000970. The first-order valence-corrected chi connectivity index (χ1v) is 9.23. The highest BCUT2D eigenvalue weighted by molar-refractivity contribution is 5.87. The molecular weight excluding hydrogens is 356 g/mol. The van der Waals surface area contributed by atoms with Crippen LogP contribution in [0.3, 0.4) is 0 Å². The molecule has 1 aliphatic heterocycles. The molecule has 4 rings (SSSR count). The van der Waals surface area contributed by atoms with Crippen LogP contribution in [0.4, 0.5) is 14.5 Å². The molecule has 0 saturated heterocycles. The van der Waals surface area contributed by atoms with Gasteiger partial charge in [0.1, 0.15) is 23.1 Å². The molecule has 3 aromatic rings. The van der Waals surface area contributed by atoms with Gasteiger partial charge < -0.3 is 10.5 Å². The number of hydrogen-bond acceptors (Lipinski definition) is 2. The standard InChI is InChI=1S/C22H17F2NO.C2H6.H2/c1-11-7-14-19(9-12(11)2)26-20-10-18(25)13(3)8-15(20)21(14)22-16(23)5-4-6-17(22)24;1-2;/h4-10H,2,25H2,1,3H3;1-2H3;1H. The van der Waals surface area contributed by atoms with Crippen LogP contribution in [0.15, 0.2) is 42.5 Å². The summed E-state index contributed by atoms with van der Waals surface area (Å²) in [4.78, 5) is 0. The van der Waals surface area contributed by atoms with Crippen molar-refractivity contribution in [2.45, 2.75) is 27.7 Å². The van der Waals surface area contributed by atoms with E-state index in [1.807, 2.05) is 39.8 Å². The molecule has 0 unspecified atom stereocenters. The van der Waals surface area contributed by atoms with Gasteiger partial charge in [0.05, 0.1) is 5.56 Å². The third kappa shape index (κ3) is 3.15. The highest BCUT2D eigenvalue weighted by atomic mass is 19.1. The van der Waals surface area contributed by atoms with Crippen LogP contribution in [0, 0.1) is 25.5 Å². The quantitative estimate of drug-likeness (QED) is 0.460. The van der Waals surface area contributed by atoms with Gasteiger partial charge in [-0.2, -0.15) is 0 Å². The summed E-state index contributed by atoms with van der Waals surface area (Å²) in [5.41, 5.74) is 9.31. The summed E-state index contributed by atoms with van der Waals surface area (Å²) >= 11 is 0. The van der Waals surface area contributed by atoms with E-state index in [1.54, 1.807) is 12.1 Å². The summed E-state index contributed by atoms with van der Waals surface area (Å²) in [6.07, 6.45) is 0. The lowest BCUT2D eigenvalue weighted by Gasteiger charge is -2.23. The van der Waals surface area contributed by atoms with Crippen molar-refractivity contribution in [3.63, 3.8) is 0 Å². The van der Waals surface area contributed by atoms with E-state index in [9.17, 15) is 8.78 Å². The van der Waals surface area contributed by atoms with Crippen LogP contribution >= 0.6 is 0 Å². The molecule has 0 aromatic heterocycles. The number of aryl methyl sites for hydroxylation is 2. The molecule has 0 aliphatic carbocycles. The molecule has 0 atom stereocenters. The highest BCUT2D eigenvalue weighted by Gasteiger charge is 2.25. The molecule has 1 aliphatic rings. The average Bonchev–Trinajstić information content (AvgIpc) is 2.66. The van der Waals surface area contributed by atoms with Gasteiger partial charge in [0.15, 0.2) is 0 Å². The van der Waals surface area contributed by atoms with Crippen LogP contribution in [-0.2, 0) is 0 Å². The van der Waals surface area contributed by atoms with Crippen molar-refractivity contribution in [3.8, 4) is 11.5 Å². The number of nitrogen functional groups attached to an aromatic ring is 1. The maximum atomic E-state index is 14.6. The van der Waals surface area contributed by atoms with Gasteiger partial charge in [-0.3, -0.25) is 0 Å². The Morgan fingerprint density at radius 1 is 0.929 bits per heavy atom. The molecule has 1 heterocycles. The molecule has 0 amide bonds. The van der Waals surface area contributed by atoms with Crippen LogP contribution in [0.2, 0.25) is 0 Å². The van der Waals surface area contributed by atoms with E-state index in [0.717, 1.165) is 16.3 Å². The van der Waals surface area contributed by atoms with E-state index in [2.05, 4.69) is 6.58 Å². The summed E-state index contributed by atoms with van der Waals surface area (Å²) < 4.78 is 35.3. The van der Waals surface area contributed by atoms with Crippen LogP contribution in [-0.4, -0.2) is 0 Å². The second kappa shape index (κ2) is 7.47. The van der Waals surface area contributed by atoms with Crippen LogP contribution in [0.5, 0.6) is 11.5 Å². The maximum absolute atomic E-state index is 14.6. The second-order valence-corrected chi connectivity index (χ2v) is 6.55. The van der Waals surface area contributed by atoms with Crippen LogP contribution in [0.25, 0.3) is 12.2 Å². The predicted octanol–water partition coefficient (Wildman–Crippen LogP) is 5.20. The van der Waals surface area contributed by atoms with Crippen molar-refractivity contribution >= 4 is 17.8 Å². The van der Waals surface area contributed by atoms with Gasteiger partial charge in [-0.1, -0.05) is 26.5 Å². The number of ether oxygens (including phenoxy) is 1. The molecule has 3 aromatic carbocycles. The SMILES string of the molecule is C=c1cc2c(cc1C)=C(c1c(F)cccc1F)c1cc(C)c(N)cc1O2.CC.[HH]. The summed E-state index contributed by atoms with van der Waals surface area (Å²) in [6.45, 7) is 11.7. The first kappa shape index (κ1) is 19.6. The Morgan fingerprint density at radius 2 is 1.57 bits per heavy atom. The molecule has 2 N–H and O–H groups in total. The summed E-state index contributed by atoms with van der Waals surface area (Å²) in [5, 5.41) is 1.43. The zero-order valence-electron chi connectivity index (χ0n) is 16.5. The van der Waals surface area contributed by atoms with Crippen molar-refractivity contribution in [2.75, 3.05) is 5.73 Å². The Hall–Kier alpha value is -3.14. The van der Waals surface area contributed by atoms with E-state index < -0.39 is 11.6 Å². The minimum absolute atomic E-state index is 0. The number of rotatable bonds is 1. The maximum Gasteiger partial charge on any atom is 0.137 e. The minimum atomic E-state index is -0.621. The lowest BCUT2D eigenvalue weighted by atomic mass is 9.90. The lowest BCUT2D eigenvalue weighted by molar-refractivity contribution is 0.471.